The molecule has 3 rings (SSSR count). The first-order chi connectivity index (χ1) is 15.0. The molecule has 1 heterocycles. The fourth-order valence-corrected chi connectivity index (χ4v) is 3.93. The highest BCUT2D eigenvalue weighted by Gasteiger charge is 2.15. The first-order valence-corrected chi connectivity index (χ1v) is 10.9. The summed E-state index contributed by atoms with van der Waals surface area (Å²) in [5, 5.41) is 9.14. The standard InChI is InChI=1S/C23H25N3O4S/c1-4-26-21(14-30-20-10-5-7-16(2)11-20)24-25-23(26)31-15-19(27)13-17-8-6-9-18(12-17)22(28)29-3/h5-12H,4,13-15H2,1-3H3. The normalized spacial score (nSPS) is 10.7. The second-order valence-corrected chi connectivity index (χ2v) is 7.89. The quantitative estimate of drug-likeness (QED) is 0.350. The monoisotopic (exact) mass is 439 g/mol. The lowest BCUT2D eigenvalue weighted by Gasteiger charge is -2.09. The maximum Gasteiger partial charge on any atom is 0.337 e. The number of ketones is 1. The van der Waals surface area contributed by atoms with Crippen LogP contribution in [0.15, 0.2) is 53.7 Å². The number of esters is 1. The molecule has 0 saturated carbocycles. The van der Waals surface area contributed by atoms with Crippen LogP contribution in [0.1, 0.15) is 34.2 Å². The average molecular weight is 440 g/mol. The molecule has 31 heavy (non-hydrogen) atoms. The maximum absolute atomic E-state index is 12.5. The highest BCUT2D eigenvalue weighted by atomic mass is 32.2. The summed E-state index contributed by atoms with van der Waals surface area (Å²) in [6.45, 7) is 5.00. The smallest absolute Gasteiger partial charge is 0.337 e. The molecule has 3 aromatic rings. The number of nitrogens with zero attached hydrogens (tertiary/aromatic N) is 3. The van der Waals surface area contributed by atoms with Crippen LogP contribution in [0.5, 0.6) is 5.75 Å². The molecule has 0 saturated heterocycles. The molecule has 0 aliphatic carbocycles. The molecule has 1 aromatic heterocycles. The van der Waals surface area contributed by atoms with Crippen LogP contribution in [-0.2, 0) is 29.1 Å². The van der Waals surface area contributed by atoms with Crippen molar-refractivity contribution in [2.45, 2.75) is 38.6 Å². The van der Waals surface area contributed by atoms with Crippen LogP contribution in [0.4, 0.5) is 0 Å². The van der Waals surface area contributed by atoms with Crippen LogP contribution in [0.3, 0.4) is 0 Å². The predicted octanol–water partition coefficient (Wildman–Crippen LogP) is 3.88. The molecule has 0 aliphatic rings. The second kappa shape index (κ2) is 10.8. The summed E-state index contributed by atoms with van der Waals surface area (Å²) in [4.78, 5) is 24.1. The minimum absolute atomic E-state index is 0.0372. The second-order valence-electron chi connectivity index (χ2n) is 6.94. The number of ether oxygens (including phenoxy) is 2. The third-order valence-electron chi connectivity index (χ3n) is 4.58. The van der Waals surface area contributed by atoms with Crippen molar-refractivity contribution < 1.29 is 19.1 Å². The van der Waals surface area contributed by atoms with Crippen LogP contribution < -0.4 is 4.74 Å². The average Bonchev–Trinajstić information content (AvgIpc) is 3.17. The number of thioether (sulfide) groups is 1. The van der Waals surface area contributed by atoms with Gasteiger partial charge in [-0.1, -0.05) is 36.0 Å². The van der Waals surface area contributed by atoms with Gasteiger partial charge in [-0.25, -0.2) is 4.79 Å². The Morgan fingerprint density at radius 2 is 1.90 bits per heavy atom. The summed E-state index contributed by atoms with van der Waals surface area (Å²) < 4.78 is 12.5. The van der Waals surface area contributed by atoms with Gasteiger partial charge in [-0.15, -0.1) is 10.2 Å². The Morgan fingerprint density at radius 1 is 1.10 bits per heavy atom. The first kappa shape index (κ1) is 22.6. The van der Waals surface area contributed by atoms with Crippen molar-refractivity contribution in [1.29, 1.82) is 0 Å². The van der Waals surface area contributed by atoms with E-state index in [0.29, 0.717) is 29.7 Å². The molecule has 0 fully saturated rings. The number of aromatic nitrogens is 3. The topological polar surface area (TPSA) is 83.3 Å². The largest absolute Gasteiger partial charge is 0.486 e. The third kappa shape index (κ3) is 6.18. The van der Waals surface area contributed by atoms with Gasteiger partial charge in [0.15, 0.2) is 11.0 Å². The van der Waals surface area contributed by atoms with Crippen LogP contribution >= 0.6 is 11.8 Å². The molecule has 162 valence electrons. The summed E-state index contributed by atoms with van der Waals surface area (Å²) in [5.41, 5.74) is 2.34. The molecule has 0 N–H and O–H groups in total. The van der Waals surface area contributed by atoms with E-state index in [-0.39, 0.29) is 18.0 Å². The summed E-state index contributed by atoms with van der Waals surface area (Å²) in [5.74, 6) is 1.38. The van der Waals surface area contributed by atoms with Gasteiger partial charge in [0.1, 0.15) is 18.1 Å². The number of Topliss-reactive ketones (excluding diaryl/α,β-unsaturated/α-hetero) is 1. The lowest BCUT2D eigenvalue weighted by atomic mass is 10.1. The van der Waals surface area contributed by atoms with Gasteiger partial charge >= 0.3 is 5.97 Å². The Kier molecular flexibility index (Phi) is 7.83. The van der Waals surface area contributed by atoms with Gasteiger partial charge in [-0.05, 0) is 49.2 Å². The lowest BCUT2D eigenvalue weighted by Crippen LogP contribution is -2.10. The van der Waals surface area contributed by atoms with Crippen molar-refractivity contribution in [1.82, 2.24) is 14.8 Å². The van der Waals surface area contributed by atoms with Crippen LogP contribution in [0.2, 0.25) is 0 Å². The Morgan fingerprint density at radius 3 is 2.65 bits per heavy atom. The third-order valence-corrected chi connectivity index (χ3v) is 5.61. The molecular weight excluding hydrogens is 414 g/mol. The van der Waals surface area contributed by atoms with E-state index in [9.17, 15) is 9.59 Å². The zero-order chi connectivity index (χ0) is 22.2. The van der Waals surface area contributed by atoms with Gasteiger partial charge in [-0.3, -0.25) is 4.79 Å². The van der Waals surface area contributed by atoms with E-state index in [1.165, 1.54) is 18.9 Å². The van der Waals surface area contributed by atoms with Crippen LogP contribution in [-0.4, -0.2) is 39.4 Å². The molecule has 0 aliphatic heterocycles. The van der Waals surface area contributed by atoms with Gasteiger partial charge < -0.3 is 14.0 Å². The van der Waals surface area contributed by atoms with Crippen LogP contribution in [0.25, 0.3) is 0 Å². The fourth-order valence-electron chi connectivity index (χ4n) is 3.05. The number of methoxy groups -OCH3 is 1. The molecule has 0 radical (unpaired) electrons. The van der Waals surface area contributed by atoms with E-state index >= 15 is 0 Å². The van der Waals surface area contributed by atoms with E-state index in [1.807, 2.05) is 48.7 Å². The molecular formula is C23H25N3O4S. The van der Waals surface area contributed by atoms with Gasteiger partial charge in [0.2, 0.25) is 0 Å². The summed E-state index contributed by atoms with van der Waals surface area (Å²) in [7, 11) is 1.33. The molecule has 0 amide bonds. The van der Waals surface area contributed by atoms with Crippen LogP contribution in [0, 0.1) is 6.92 Å². The number of hydrogen-bond donors (Lipinski definition) is 0. The molecule has 0 atom stereocenters. The Labute approximate surface area is 185 Å². The van der Waals surface area contributed by atoms with Gasteiger partial charge in [0.25, 0.3) is 0 Å². The lowest BCUT2D eigenvalue weighted by molar-refractivity contribution is -0.116. The van der Waals surface area contributed by atoms with Crippen molar-refractivity contribution in [3.63, 3.8) is 0 Å². The summed E-state index contributed by atoms with van der Waals surface area (Å²) in [6, 6.07) is 14.8. The van der Waals surface area contributed by atoms with Crippen molar-refractivity contribution in [2.75, 3.05) is 12.9 Å². The van der Waals surface area contributed by atoms with E-state index in [2.05, 4.69) is 10.2 Å². The summed E-state index contributed by atoms with van der Waals surface area (Å²) >= 11 is 1.35. The highest BCUT2D eigenvalue weighted by molar-refractivity contribution is 7.99. The molecule has 2 aromatic carbocycles. The van der Waals surface area contributed by atoms with Crippen molar-refractivity contribution in [3.05, 3.63) is 71.0 Å². The van der Waals surface area contributed by atoms with Crippen molar-refractivity contribution in [3.8, 4) is 5.75 Å². The number of rotatable bonds is 10. The van der Waals surface area contributed by atoms with Gasteiger partial charge in [0.05, 0.1) is 18.4 Å². The molecule has 0 bridgehead atoms. The molecule has 8 heteroatoms. The summed E-state index contributed by atoms with van der Waals surface area (Å²) in [6.07, 6.45) is 0.238. The van der Waals surface area contributed by atoms with E-state index in [4.69, 9.17) is 9.47 Å². The van der Waals surface area contributed by atoms with E-state index < -0.39 is 5.97 Å². The molecule has 0 spiro atoms. The Hall–Kier alpha value is -3.13. The fraction of sp³-hybridized carbons (Fsp3) is 0.304. The first-order valence-electron chi connectivity index (χ1n) is 9.93. The maximum atomic E-state index is 12.5. The Balaban J connectivity index is 1.57. The number of carbonyl (C=O) groups excluding carboxylic acids is 2. The minimum Gasteiger partial charge on any atom is -0.486 e. The van der Waals surface area contributed by atoms with Crippen molar-refractivity contribution >= 4 is 23.5 Å². The van der Waals surface area contributed by atoms with E-state index in [1.54, 1.807) is 18.2 Å². The SMILES string of the molecule is CCn1c(COc2cccc(C)c2)nnc1SCC(=O)Cc1cccc(C(=O)OC)c1. The van der Waals surface area contributed by atoms with Crippen molar-refractivity contribution in [2.24, 2.45) is 0 Å². The molecule has 0 unspecified atom stereocenters. The Bertz CT molecular complexity index is 1060. The predicted molar refractivity (Wildman–Crippen MR) is 118 cm³/mol. The zero-order valence-electron chi connectivity index (χ0n) is 17.8. The highest BCUT2D eigenvalue weighted by Crippen LogP contribution is 2.20. The number of aryl methyl sites for hydroxylation is 1. The van der Waals surface area contributed by atoms with Gasteiger partial charge in [0, 0.05) is 13.0 Å². The van der Waals surface area contributed by atoms with E-state index in [0.717, 1.165) is 16.9 Å². The number of hydrogen-bond acceptors (Lipinski definition) is 7. The zero-order valence-corrected chi connectivity index (χ0v) is 18.6. The number of benzene rings is 2. The van der Waals surface area contributed by atoms with Gasteiger partial charge in [-0.2, -0.15) is 0 Å². The minimum atomic E-state index is -0.417. The number of carbonyl (C=O) groups is 2. The molecule has 7 nitrogen and oxygen atoms in total.